The highest BCUT2D eigenvalue weighted by Gasteiger charge is 2.07. The van der Waals surface area contributed by atoms with Crippen molar-refractivity contribution in [2.75, 3.05) is 0 Å². The van der Waals surface area contributed by atoms with Crippen molar-refractivity contribution in [2.24, 2.45) is 0 Å². The van der Waals surface area contributed by atoms with Crippen LogP contribution in [0, 0.1) is 18.6 Å². The fourth-order valence-electron chi connectivity index (χ4n) is 1.50. The van der Waals surface area contributed by atoms with Crippen LogP contribution in [-0.2, 0) is 6.42 Å². The third kappa shape index (κ3) is 2.97. The van der Waals surface area contributed by atoms with E-state index in [0.717, 1.165) is 6.07 Å². The van der Waals surface area contributed by atoms with Gasteiger partial charge in [-0.1, -0.05) is 17.7 Å². The number of benzene rings is 1. The van der Waals surface area contributed by atoms with Crippen LogP contribution in [0.5, 0.6) is 0 Å². The van der Waals surface area contributed by atoms with Gasteiger partial charge in [0.15, 0.2) is 0 Å². The molecular weight excluding hydrogens is 246 g/mol. The molecule has 2 nitrogen and oxygen atoms in total. The van der Waals surface area contributed by atoms with E-state index in [2.05, 4.69) is 9.97 Å². The quantitative estimate of drug-likeness (QED) is 0.769. The number of aromatic nitrogens is 2. The molecule has 0 radical (unpaired) electrons. The van der Waals surface area contributed by atoms with Gasteiger partial charge in [-0.05, 0) is 24.6 Å². The molecule has 0 fully saturated rings. The average Bonchev–Trinajstić information content (AvgIpc) is 2.21. The van der Waals surface area contributed by atoms with E-state index in [9.17, 15) is 8.78 Å². The summed E-state index contributed by atoms with van der Waals surface area (Å²) in [4.78, 5) is 8.12. The molecule has 0 amide bonds. The highest BCUT2D eigenvalue weighted by molar-refractivity contribution is 6.29. The van der Waals surface area contributed by atoms with Gasteiger partial charge in [0.1, 0.15) is 22.6 Å². The highest BCUT2D eigenvalue weighted by Crippen LogP contribution is 2.14. The van der Waals surface area contributed by atoms with Gasteiger partial charge in [-0.25, -0.2) is 18.7 Å². The van der Waals surface area contributed by atoms with Crippen LogP contribution in [0.1, 0.15) is 17.1 Å². The van der Waals surface area contributed by atoms with Crippen molar-refractivity contribution in [3.05, 3.63) is 58.1 Å². The molecule has 17 heavy (non-hydrogen) atoms. The second kappa shape index (κ2) is 4.75. The van der Waals surface area contributed by atoms with Crippen molar-refractivity contribution >= 4 is 11.6 Å². The highest BCUT2D eigenvalue weighted by atomic mass is 35.5. The molecule has 5 heteroatoms. The molecule has 0 N–H and O–H groups in total. The predicted molar refractivity (Wildman–Crippen MR) is 60.9 cm³/mol. The van der Waals surface area contributed by atoms with Gasteiger partial charge < -0.3 is 0 Å². The molecule has 0 aliphatic rings. The standard InChI is InChI=1S/C12H9ClF2N2/c1-7-4-11(13)17-12(16-7)5-8-2-3-9(14)6-10(8)15/h2-4,6H,5H2,1H3. The number of nitrogens with zero attached hydrogens (tertiary/aromatic N) is 2. The maximum absolute atomic E-state index is 13.4. The van der Waals surface area contributed by atoms with Crippen LogP contribution in [-0.4, -0.2) is 9.97 Å². The lowest BCUT2D eigenvalue weighted by Crippen LogP contribution is -2.00. The minimum Gasteiger partial charge on any atom is -0.238 e. The number of hydrogen-bond acceptors (Lipinski definition) is 2. The molecule has 0 unspecified atom stereocenters. The third-order valence-corrected chi connectivity index (χ3v) is 2.43. The van der Waals surface area contributed by atoms with Crippen molar-refractivity contribution < 1.29 is 8.78 Å². The van der Waals surface area contributed by atoms with E-state index in [1.165, 1.54) is 12.1 Å². The van der Waals surface area contributed by atoms with Gasteiger partial charge in [-0.15, -0.1) is 0 Å². The van der Waals surface area contributed by atoms with Crippen molar-refractivity contribution in [3.63, 3.8) is 0 Å². The Bertz CT molecular complexity index is 538. The summed E-state index contributed by atoms with van der Waals surface area (Å²) in [6.45, 7) is 1.78. The topological polar surface area (TPSA) is 25.8 Å². The van der Waals surface area contributed by atoms with Crippen molar-refractivity contribution in [3.8, 4) is 0 Å². The van der Waals surface area contributed by atoms with Gasteiger partial charge in [-0.2, -0.15) is 0 Å². The molecule has 0 bridgehead atoms. The molecule has 88 valence electrons. The molecule has 1 aromatic heterocycles. The molecular formula is C12H9ClF2N2. The van der Waals surface area contributed by atoms with Crippen molar-refractivity contribution in [1.29, 1.82) is 0 Å². The number of hydrogen-bond donors (Lipinski definition) is 0. The molecule has 0 saturated heterocycles. The molecule has 2 rings (SSSR count). The first kappa shape index (κ1) is 11.9. The van der Waals surface area contributed by atoms with Crippen LogP contribution in [0.3, 0.4) is 0 Å². The normalized spacial score (nSPS) is 10.6. The molecule has 0 aliphatic carbocycles. The lowest BCUT2D eigenvalue weighted by Gasteiger charge is -2.04. The largest absolute Gasteiger partial charge is 0.238 e. The van der Waals surface area contributed by atoms with Gasteiger partial charge in [0.2, 0.25) is 0 Å². The van der Waals surface area contributed by atoms with Gasteiger partial charge in [0.25, 0.3) is 0 Å². The maximum atomic E-state index is 13.4. The second-order valence-corrected chi connectivity index (χ2v) is 4.05. The molecule has 0 saturated carbocycles. The molecule has 1 aromatic carbocycles. The van der Waals surface area contributed by atoms with E-state index >= 15 is 0 Å². The fraction of sp³-hybridized carbons (Fsp3) is 0.167. The van der Waals surface area contributed by atoms with E-state index in [1.54, 1.807) is 13.0 Å². The first-order chi connectivity index (χ1) is 8.04. The Morgan fingerprint density at radius 1 is 1.18 bits per heavy atom. The second-order valence-electron chi connectivity index (χ2n) is 3.66. The van der Waals surface area contributed by atoms with Crippen LogP contribution in [0.4, 0.5) is 8.78 Å². The Balaban J connectivity index is 2.31. The van der Waals surface area contributed by atoms with E-state index in [4.69, 9.17) is 11.6 Å². The zero-order chi connectivity index (χ0) is 12.4. The van der Waals surface area contributed by atoms with Crippen LogP contribution >= 0.6 is 11.6 Å². The summed E-state index contributed by atoms with van der Waals surface area (Å²) in [6, 6.07) is 5.04. The number of halogens is 3. The minimum atomic E-state index is -0.605. The average molecular weight is 255 g/mol. The minimum absolute atomic E-state index is 0.188. The summed E-state index contributed by atoms with van der Waals surface area (Å²) in [7, 11) is 0. The lowest BCUT2D eigenvalue weighted by atomic mass is 10.1. The molecule has 0 atom stereocenters. The Morgan fingerprint density at radius 3 is 2.59 bits per heavy atom. The van der Waals surface area contributed by atoms with E-state index in [1.807, 2.05) is 0 Å². The molecule has 0 spiro atoms. The zero-order valence-corrected chi connectivity index (χ0v) is 9.80. The van der Waals surface area contributed by atoms with E-state index < -0.39 is 11.6 Å². The van der Waals surface area contributed by atoms with E-state index in [0.29, 0.717) is 22.2 Å². The van der Waals surface area contributed by atoms with Crippen molar-refractivity contribution in [2.45, 2.75) is 13.3 Å². The molecule has 1 heterocycles. The van der Waals surface area contributed by atoms with Crippen LogP contribution in [0.15, 0.2) is 24.3 Å². The summed E-state index contributed by atoms with van der Waals surface area (Å²) >= 11 is 5.78. The van der Waals surface area contributed by atoms with Crippen LogP contribution in [0.2, 0.25) is 5.15 Å². The van der Waals surface area contributed by atoms with Gasteiger partial charge in [-0.3, -0.25) is 0 Å². The third-order valence-electron chi connectivity index (χ3n) is 2.23. The summed E-state index contributed by atoms with van der Waals surface area (Å²) in [5.74, 6) is -0.791. The Morgan fingerprint density at radius 2 is 1.94 bits per heavy atom. The first-order valence-electron chi connectivity index (χ1n) is 4.98. The van der Waals surface area contributed by atoms with Gasteiger partial charge in [0, 0.05) is 18.2 Å². The van der Waals surface area contributed by atoms with Crippen LogP contribution < -0.4 is 0 Å². The van der Waals surface area contributed by atoms with E-state index in [-0.39, 0.29) is 6.42 Å². The Labute approximate surface area is 102 Å². The summed E-state index contributed by atoms with van der Waals surface area (Å²) in [5, 5.41) is 0.315. The summed E-state index contributed by atoms with van der Waals surface area (Å²) in [5.41, 5.74) is 1.05. The summed E-state index contributed by atoms with van der Waals surface area (Å²) < 4.78 is 26.1. The Kier molecular flexibility index (Phi) is 3.33. The van der Waals surface area contributed by atoms with Crippen LogP contribution in [0.25, 0.3) is 0 Å². The monoisotopic (exact) mass is 254 g/mol. The maximum Gasteiger partial charge on any atom is 0.134 e. The fourth-order valence-corrected chi connectivity index (χ4v) is 1.76. The molecule has 0 aliphatic heterocycles. The smallest absolute Gasteiger partial charge is 0.134 e. The number of aryl methyl sites for hydroxylation is 1. The lowest BCUT2D eigenvalue weighted by molar-refractivity contribution is 0.573. The Hall–Kier alpha value is -1.55. The van der Waals surface area contributed by atoms with Gasteiger partial charge >= 0.3 is 0 Å². The molecule has 2 aromatic rings. The number of rotatable bonds is 2. The van der Waals surface area contributed by atoms with Crippen molar-refractivity contribution in [1.82, 2.24) is 9.97 Å². The predicted octanol–water partition coefficient (Wildman–Crippen LogP) is 3.31. The first-order valence-corrected chi connectivity index (χ1v) is 5.36. The summed E-state index contributed by atoms with van der Waals surface area (Å²) in [6.07, 6.45) is 0.188. The zero-order valence-electron chi connectivity index (χ0n) is 9.04. The van der Waals surface area contributed by atoms with Gasteiger partial charge in [0.05, 0.1) is 0 Å². The SMILES string of the molecule is Cc1cc(Cl)nc(Cc2ccc(F)cc2F)n1.